The summed E-state index contributed by atoms with van der Waals surface area (Å²) >= 11 is 24.2. The highest BCUT2D eigenvalue weighted by atomic mass is 35.5. The van der Waals surface area contributed by atoms with Crippen LogP contribution in [0, 0.1) is 11.3 Å². The van der Waals surface area contributed by atoms with Crippen molar-refractivity contribution in [2.45, 2.75) is 6.18 Å². The lowest BCUT2D eigenvalue weighted by atomic mass is 10.2. The molecule has 3 rings (SSSR count). The number of halogens is 7. The van der Waals surface area contributed by atoms with Crippen molar-refractivity contribution >= 4 is 63.6 Å². The Morgan fingerprint density at radius 3 is 2.17 bits per heavy atom. The number of anilines is 3. The Balaban J connectivity index is 2.08. The van der Waals surface area contributed by atoms with Crippen LogP contribution in [0.15, 0.2) is 30.3 Å². The molecule has 0 atom stereocenters. The van der Waals surface area contributed by atoms with Gasteiger partial charge < -0.3 is 11.1 Å². The number of nitrogen functional groups attached to an aromatic ring is 1. The van der Waals surface area contributed by atoms with Gasteiger partial charge in [0.15, 0.2) is 11.5 Å². The molecule has 0 aliphatic heterocycles. The van der Waals surface area contributed by atoms with Crippen LogP contribution in [0.3, 0.4) is 0 Å². The molecule has 0 saturated carbocycles. The predicted octanol–water partition coefficient (Wildman–Crippen LogP) is 6.70. The molecule has 5 nitrogen and oxygen atoms in total. The van der Waals surface area contributed by atoms with E-state index >= 15 is 0 Å². The maximum atomic E-state index is 12.8. The first-order chi connectivity index (χ1) is 13.5. The largest absolute Gasteiger partial charge is 0.416 e. The number of hydrogen-bond acceptors (Lipinski definition) is 4. The second kappa shape index (κ2) is 7.84. The SMILES string of the molecule is N#Cc1nn(-c2c(Cl)cc(Cl)cc2Cl)c(N)c1Nc1ccc(C(F)(F)F)cc1Cl. The molecule has 12 heteroatoms. The minimum atomic E-state index is -4.55. The topological polar surface area (TPSA) is 79.7 Å². The molecule has 2 aromatic carbocycles. The van der Waals surface area contributed by atoms with Gasteiger partial charge in [-0.3, -0.25) is 0 Å². The van der Waals surface area contributed by atoms with E-state index in [1.54, 1.807) is 0 Å². The minimum Gasteiger partial charge on any atom is -0.382 e. The van der Waals surface area contributed by atoms with Gasteiger partial charge in [-0.15, -0.1) is 0 Å². The smallest absolute Gasteiger partial charge is 0.382 e. The molecule has 0 radical (unpaired) electrons. The molecule has 3 N–H and O–H groups in total. The molecule has 0 aliphatic carbocycles. The van der Waals surface area contributed by atoms with Gasteiger partial charge in [-0.25, -0.2) is 4.68 Å². The van der Waals surface area contributed by atoms with E-state index in [1.807, 2.05) is 6.07 Å². The summed E-state index contributed by atoms with van der Waals surface area (Å²) < 4.78 is 39.6. The van der Waals surface area contributed by atoms with Gasteiger partial charge in [-0.1, -0.05) is 46.4 Å². The molecule has 1 heterocycles. The molecular formula is C17H8Cl4F3N5. The van der Waals surface area contributed by atoms with Gasteiger partial charge >= 0.3 is 6.18 Å². The normalized spacial score (nSPS) is 11.4. The Hall–Kier alpha value is -2.31. The fourth-order valence-corrected chi connectivity index (χ4v) is 3.67. The molecule has 0 aliphatic rings. The molecule has 0 amide bonds. The first kappa shape index (κ1) is 21.4. The highest BCUT2D eigenvalue weighted by Crippen LogP contribution is 2.39. The van der Waals surface area contributed by atoms with E-state index in [0.717, 1.165) is 22.9 Å². The number of nitrogens with one attached hydrogen (secondary N) is 1. The number of alkyl halides is 3. The summed E-state index contributed by atoms with van der Waals surface area (Å²) in [6.07, 6.45) is -4.55. The van der Waals surface area contributed by atoms with Gasteiger partial charge in [0.2, 0.25) is 0 Å². The quantitative estimate of drug-likeness (QED) is 0.437. The maximum Gasteiger partial charge on any atom is 0.416 e. The Bertz CT molecular complexity index is 1130. The van der Waals surface area contributed by atoms with Crippen molar-refractivity contribution in [2.24, 2.45) is 0 Å². The molecule has 1 aromatic heterocycles. The van der Waals surface area contributed by atoms with Crippen LogP contribution in [0.5, 0.6) is 0 Å². The highest BCUT2D eigenvalue weighted by molar-refractivity contribution is 6.40. The average molecular weight is 481 g/mol. The summed E-state index contributed by atoms with van der Waals surface area (Å²) in [7, 11) is 0. The molecule has 150 valence electrons. The zero-order chi connectivity index (χ0) is 21.5. The fraction of sp³-hybridized carbons (Fsp3) is 0.0588. The zero-order valence-electron chi connectivity index (χ0n) is 14.0. The lowest BCUT2D eigenvalue weighted by Gasteiger charge is -2.12. The van der Waals surface area contributed by atoms with Gasteiger partial charge in [-0.05, 0) is 30.3 Å². The number of nitriles is 1. The summed E-state index contributed by atoms with van der Waals surface area (Å²) in [6.45, 7) is 0. The van der Waals surface area contributed by atoms with Crippen molar-refractivity contribution in [1.29, 1.82) is 5.26 Å². The Morgan fingerprint density at radius 2 is 1.66 bits per heavy atom. The molecule has 0 saturated heterocycles. The van der Waals surface area contributed by atoms with Crippen molar-refractivity contribution in [1.82, 2.24) is 9.78 Å². The molecule has 3 aromatic rings. The van der Waals surface area contributed by atoms with E-state index in [-0.39, 0.29) is 48.7 Å². The second-order valence-electron chi connectivity index (χ2n) is 5.67. The number of nitrogens with zero attached hydrogens (tertiary/aromatic N) is 3. The van der Waals surface area contributed by atoms with E-state index in [4.69, 9.17) is 52.1 Å². The predicted molar refractivity (Wildman–Crippen MR) is 107 cm³/mol. The lowest BCUT2D eigenvalue weighted by Crippen LogP contribution is -2.06. The first-order valence-corrected chi connectivity index (χ1v) is 9.11. The molecular weight excluding hydrogens is 473 g/mol. The van der Waals surface area contributed by atoms with Crippen LogP contribution < -0.4 is 11.1 Å². The summed E-state index contributed by atoms with van der Waals surface area (Å²) in [4.78, 5) is 0. The van der Waals surface area contributed by atoms with Gasteiger partial charge in [-0.2, -0.15) is 23.5 Å². The van der Waals surface area contributed by atoms with E-state index in [0.29, 0.717) is 0 Å². The molecule has 0 bridgehead atoms. The highest BCUT2D eigenvalue weighted by Gasteiger charge is 2.31. The lowest BCUT2D eigenvalue weighted by molar-refractivity contribution is -0.137. The molecule has 0 fully saturated rings. The summed E-state index contributed by atoms with van der Waals surface area (Å²) in [5, 5.41) is 16.5. The van der Waals surface area contributed by atoms with E-state index < -0.39 is 11.7 Å². The van der Waals surface area contributed by atoms with Crippen molar-refractivity contribution in [3.8, 4) is 11.8 Å². The summed E-state index contributed by atoms with van der Waals surface area (Å²) in [5.41, 5.74) is 5.32. The van der Waals surface area contributed by atoms with E-state index in [1.165, 1.54) is 12.1 Å². The van der Waals surface area contributed by atoms with Crippen molar-refractivity contribution < 1.29 is 13.2 Å². The third-order valence-corrected chi connectivity index (χ3v) is 4.88. The van der Waals surface area contributed by atoms with Crippen molar-refractivity contribution in [3.63, 3.8) is 0 Å². The summed E-state index contributed by atoms with van der Waals surface area (Å²) in [5.74, 6) is -0.0661. The average Bonchev–Trinajstić information content (AvgIpc) is 2.91. The van der Waals surface area contributed by atoms with Crippen LogP contribution in [0.1, 0.15) is 11.3 Å². The Morgan fingerprint density at radius 1 is 1.03 bits per heavy atom. The Kier molecular flexibility index (Phi) is 5.79. The summed E-state index contributed by atoms with van der Waals surface area (Å²) in [6, 6.07) is 7.38. The zero-order valence-corrected chi connectivity index (χ0v) is 17.0. The van der Waals surface area contributed by atoms with Crippen molar-refractivity contribution in [2.75, 3.05) is 11.1 Å². The number of hydrogen-bond donors (Lipinski definition) is 2. The van der Waals surface area contributed by atoms with Crippen LogP contribution in [0.25, 0.3) is 5.69 Å². The number of benzene rings is 2. The first-order valence-electron chi connectivity index (χ1n) is 7.60. The van der Waals surface area contributed by atoms with Crippen LogP contribution in [-0.4, -0.2) is 9.78 Å². The second-order valence-corrected chi connectivity index (χ2v) is 7.33. The number of aromatic nitrogens is 2. The van der Waals surface area contributed by atoms with Crippen LogP contribution >= 0.6 is 46.4 Å². The third-order valence-electron chi connectivity index (χ3n) is 3.78. The van der Waals surface area contributed by atoms with E-state index in [2.05, 4.69) is 10.4 Å². The number of rotatable bonds is 3. The van der Waals surface area contributed by atoms with Crippen molar-refractivity contribution in [3.05, 3.63) is 61.7 Å². The standard InChI is InChI=1S/C17H8Cl4F3N5/c18-8-4-10(20)15(11(21)5-8)29-16(26)14(13(6-25)28-29)27-12-2-1-7(3-9(12)19)17(22,23)24/h1-5,27H,26H2. The van der Waals surface area contributed by atoms with Gasteiger partial charge in [0.05, 0.1) is 26.3 Å². The monoisotopic (exact) mass is 479 g/mol. The Labute approximate surface area is 182 Å². The van der Waals surface area contributed by atoms with Gasteiger partial charge in [0.1, 0.15) is 17.4 Å². The molecule has 0 unspecified atom stereocenters. The molecule has 29 heavy (non-hydrogen) atoms. The number of nitrogens with two attached hydrogens (primary N) is 1. The van der Waals surface area contributed by atoms with Crippen LogP contribution in [0.2, 0.25) is 20.1 Å². The van der Waals surface area contributed by atoms with Crippen LogP contribution in [0.4, 0.5) is 30.4 Å². The third kappa shape index (κ3) is 4.19. The van der Waals surface area contributed by atoms with Gasteiger partial charge in [0.25, 0.3) is 0 Å². The fourth-order valence-electron chi connectivity index (χ4n) is 2.47. The van der Waals surface area contributed by atoms with E-state index in [9.17, 15) is 18.4 Å². The molecule has 0 spiro atoms. The van der Waals surface area contributed by atoms with Gasteiger partial charge in [0, 0.05) is 5.02 Å². The maximum absolute atomic E-state index is 12.8. The minimum absolute atomic E-state index is 0.0243. The van der Waals surface area contributed by atoms with Crippen LogP contribution in [-0.2, 0) is 6.18 Å².